The standard InChI is InChI=1S/C17H19Br2NO/c1-3-8-20-11-13-4-6-15(10-16(13)19)21-17-7-5-14(18)9-12(17)2/h4-7,9-10,20H,3,8,11H2,1-2H3. The molecule has 0 bridgehead atoms. The van der Waals surface area contributed by atoms with Crippen LogP contribution in [-0.2, 0) is 6.54 Å². The Morgan fingerprint density at radius 2 is 1.90 bits per heavy atom. The summed E-state index contributed by atoms with van der Waals surface area (Å²) in [4.78, 5) is 0. The third kappa shape index (κ3) is 4.83. The molecule has 0 fully saturated rings. The van der Waals surface area contributed by atoms with E-state index in [1.165, 1.54) is 5.56 Å². The smallest absolute Gasteiger partial charge is 0.130 e. The maximum Gasteiger partial charge on any atom is 0.130 e. The molecule has 0 aliphatic rings. The van der Waals surface area contributed by atoms with Crippen molar-refractivity contribution in [1.82, 2.24) is 5.32 Å². The van der Waals surface area contributed by atoms with Crippen LogP contribution in [-0.4, -0.2) is 6.54 Å². The van der Waals surface area contributed by atoms with Crippen LogP contribution in [0.1, 0.15) is 24.5 Å². The van der Waals surface area contributed by atoms with Gasteiger partial charge in [-0.1, -0.05) is 44.8 Å². The van der Waals surface area contributed by atoms with E-state index in [0.29, 0.717) is 0 Å². The largest absolute Gasteiger partial charge is 0.457 e. The van der Waals surface area contributed by atoms with Crippen molar-refractivity contribution in [3.05, 3.63) is 56.5 Å². The highest BCUT2D eigenvalue weighted by atomic mass is 79.9. The third-order valence-electron chi connectivity index (χ3n) is 3.13. The first-order valence-corrected chi connectivity index (χ1v) is 8.62. The Labute approximate surface area is 143 Å². The monoisotopic (exact) mass is 411 g/mol. The van der Waals surface area contributed by atoms with Gasteiger partial charge in [0.2, 0.25) is 0 Å². The molecule has 0 saturated carbocycles. The number of aryl methyl sites for hydroxylation is 1. The van der Waals surface area contributed by atoms with Crippen molar-refractivity contribution in [3.8, 4) is 11.5 Å². The molecule has 0 atom stereocenters. The summed E-state index contributed by atoms with van der Waals surface area (Å²) < 4.78 is 8.08. The van der Waals surface area contributed by atoms with Crippen molar-refractivity contribution >= 4 is 31.9 Å². The number of nitrogens with one attached hydrogen (secondary N) is 1. The second kappa shape index (κ2) is 7.97. The van der Waals surface area contributed by atoms with Crippen LogP contribution in [0.3, 0.4) is 0 Å². The molecule has 0 unspecified atom stereocenters. The Hall–Kier alpha value is -0.840. The second-order valence-corrected chi connectivity index (χ2v) is 6.71. The lowest BCUT2D eigenvalue weighted by Crippen LogP contribution is -2.14. The molecule has 0 heterocycles. The van der Waals surface area contributed by atoms with E-state index in [1.54, 1.807) is 0 Å². The zero-order valence-electron chi connectivity index (χ0n) is 12.2. The van der Waals surface area contributed by atoms with Gasteiger partial charge in [0.15, 0.2) is 0 Å². The molecule has 0 saturated heterocycles. The van der Waals surface area contributed by atoms with Gasteiger partial charge in [0.25, 0.3) is 0 Å². The summed E-state index contributed by atoms with van der Waals surface area (Å²) in [7, 11) is 0. The van der Waals surface area contributed by atoms with Gasteiger partial charge in [-0.3, -0.25) is 0 Å². The average molecular weight is 413 g/mol. The summed E-state index contributed by atoms with van der Waals surface area (Å²) in [6.45, 7) is 6.10. The van der Waals surface area contributed by atoms with Crippen molar-refractivity contribution in [2.45, 2.75) is 26.8 Å². The van der Waals surface area contributed by atoms with E-state index in [0.717, 1.165) is 45.5 Å². The Morgan fingerprint density at radius 1 is 1.10 bits per heavy atom. The number of benzene rings is 2. The molecule has 112 valence electrons. The lowest BCUT2D eigenvalue weighted by atomic mass is 10.2. The van der Waals surface area contributed by atoms with Crippen LogP contribution in [0.4, 0.5) is 0 Å². The molecule has 0 spiro atoms. The van der Waals surface area contributed by atoms with Crippen LogP contribution in [0.25, 0.3) is 0 Å². The fraction of sp³-hybridized carbons (Fsp3) is 0.294. The number of hydrogen-bond donors (Lipinski definition) is 1. The molecule has 0 aliphatic heterocycles. The maximum absolute atomic E-state index is 5.95. The van der Waals surface area contributed by atoms with E-state index in [1.807, 2.05) is 37.3 Å². The molecule has 0 aromatic heterocycles. The van der Waals surface area contributed by atoms with Crippen molar-refractivity contribution in [1.29, 1.82) is 0 Å². The predicted octanol–water partition coefficient (Wildman–Crippen LogP) is 5.81. The highest BCUT2D eigenvalue weighted by Crippen LogP contribution is 2.30. The zero-order chi connectivity index (χ0) is 15.2. The van der Waals surface area contributed by atoms with Gasteiger partial charge in [0.1, 0.15) is 11.5 Å². The Bertz CT molecular complexity index is 614. The van der Waals surface area contributed by atoms with Gasteiger partial charge in [0, 0.05) is 15.5 Å². The molecular formula is C17H19Br2NO. The van der Waals surface area contributed by atoms with E-state index >= 15 is 0 Å². The first-order valence-electron chi connectivity index (χ1n) is 7.03. The first-order chi connectivity index (χ1) is 10.1. The number of ether oxygens (including phenoxy) is 1. The minimum atomic E-state index is 0.839. The van der Waals surface area contributed by atoms with Crippen LogP contribution >= 0.6 is 31.9 Å². The van der Waals surface area contributed by atoms with Gasteiger partial charge in [-0.25, -0.2) is 0 Å². The second-order valence-electron chi connectivity index (χ2n) is 4.94. The van der Waals surface area contributed by atoms with Crippen LogP contribution < -0.4 is 10.1 Å². The highest BCUT2D eigenvalue weighted by molar-refractivity contribution is 9.10. The molecule has 0 radical (unpaired) electrons. The summed E-state index contributed by atoms with van der Waals surface area (Å²) in [5.74, 6) is 1.72. The summed E-state index contributed by atoms with van der Waals surface area (Å²) >= 11 is 7.08. The summed E-state index contributed by atoms with van der Waals surface area (Å²) in [5, 5.41) is 3.40. The molecule has 4 heteroatoms. The number of rotatable bonds is 6. The Morgan fingerprint density at radius 3 is 2.57 bits per heavy atom. The van der Waals surface area contributed by atoms with Crippen molar-refractivity contribution in [3.63, 3.8) is 0 Å². The van der Waals surface area contributed by atoms with Gasteiger partial charge in [-0.2, -0.15) is 0 Å². The molecule has 21 heavy (non-hydrogen) atoms. The van der Waals surface area contributed by atoms with E-state index in [-0.39, 0.29) is 0 Å². The molecule has 0 amide bonds. The zero-order valence-corrected chi connectivity index (χ0v) is 15.4. The quantitative estimate of drug-likeness (QED) is 0.604. The van der Waals surface area contributed by atoms with Gasteiger partial charge in [0.05, 0.1) is 0 Å². The molecule has 2 aromatic carbocycles. The van der Waals surface area contributed by atoms with E-state index in [9.17, 15) is 0 Å². The lowest BCUT2D eigenvalue weighted by Gasteiger charge is -2.11. The van der Waals surface area contributed by atoms with Crippen LogP contribution in [0, 0.1) is 6.92 Å². The molecule has 0 aliphatic carbocycles. The molecule has 2 nitrogen and oxygen atoms in total. The van der Waals surface area contributed by atoms with Gasteiger partial charge < -0.3 is 10.1 Å². The SMILES string of the molecule is CCCNCc1ccc(Oc2ccc(Br)cc2C)cc1Br. The number of hydrogen-bond acceptors (Lipinski definition) is 2. The molecule has 1 N–H and O–H groups in total. The van der Waals surface area contributed by atoms with Gasteiger partial charge >= 0.3 is 0 Å². The van der Waals surface area contributed by atoms with E-state index in [4.69, 9.17) is 4.74 Å². The minimum absolute atomic E-state index is 0.839. The topological polar surface area (TPSA) is 21.3 Å². The Kier molecular flexibility index (Phi) is 6.27. The van der Waals surface area contributed by atoms with Crippen molar-refractivity contribution < 1.29 is 4.74 Å². The minimum Gasteiger partial charge on any atom is -0.457 e. The fourth-order valence-electron chi connectivity index (χ4n) is 1.99. The third-order valence-corrected chi connectivity index (χ3v) is 4.36. The average Bonchev–Trinajstić information content (AvgIpc) is 2.44. The van der Waals surface area contributed by atoms with Crippen molar-refractivity contribution in [2.75, 3.05) is 6.54 Å². The lowest BCUT2D eigenvalue weighted by molar-refractivity contribution is 0.478. The van der Waals surface area contributed by atoms with Crippen LogP contribution in [0.15, 0.2) is 45.3 Å². The fourth-order valence-corrected chi connectivity index (χ4v) is 2.96. The first kappa shape index (κ1) is 16.5. The highest BCUT2D eigenvalue weighted by Gasteiger charge is 2.05. The van der Waals surface area contributed by atoms with Gasteiger partial charge in [-0.05, 0) is 61.3 Å². The molecular weight excluding hydrogens is 394 g/mol. The van der Waals surface area contributed by atoms with Crippen LogP contribution in [0.2, 0.25) is 0 Å². The Balaban J connectivity index is 2.09. The summed E-state index contributed by atoms with van der Waals surface area (Å²) in [6, 6.07) is 12.1. The molecule has 2 aromatic rings. The normalized spacial score (nSPS) is 10.7. The molecule has 2 rings (SSSR count). The predicted molar refractivity (Wildman–Crippen MR) is 95.1 cm³/mol. The summed E-state index contributed by atoms with van der Waals surface area (Å²) in [6.07, 6.45) is 1.14. The van der Waals surface area contributed by atoms with Crippen molar-refractivity contribution in [2.24, 2.45) is 0 Å². The van der Waals surface area contributed by atoms with E-state index in [2.05, 4.69) is 50.2 Å². The number of halogens is 2. The maximum atomic E-state index is 5.95. The van der Waals surface area contributed by atoms with Crippen LogP contribution in [0.5, 0.6) is 11.5 Å². The summed E-state index contributed by atoms with van der Waals surface area (Å²) in [5.41, 5.74) is 2.34. The van der Waals surface area contributed by atoms with Gasteiger partial charge in [-0.15, -0.1) is 0 Å². The van der Waals surface area contributed by atoms with E-state index < -0.39 is 0 Å².